The lowest BCUT2D eigenvalue weighted by Gasteiger charge is -2.15. The highest BCUT2D eigenvalue weighted by atomic mass is 79.9. The molecule has 0 saturated heterocycles. The van der Waals surface area contributed by atoms with Crippen molar-refractivity contribution in [3.05, 3.63) is 0 Å². The van der Waals surface area contributed by atoms with Crippen LogP contribution in [0.15, 0.2) is 0 Å². The summed E-state index contributed by atoms with van der Waals surface area (Å²) in [6.45, 7) is 4.21. The fourth-order valence-electron chi connectivity index (χ4n) is 0.543. The third-order valence-corrected chi connectivity index (χ3v) is 2.55. The molecule has 0 aromatic rings. The van der Waals surface area contributed by atoms with Crippen molar-refractivity contribution in [1.29, 1.82) is 0 Å². The summed E-state index contributed by atoms with van der Waals surface area (Å²) in [7, 11) is 0. The van der Waals surface area contributed by atoms with Gasteiger partial charge in [-0.1, -0.05) is 36.2 Å². The summed E-state index contributed by atoms with van der Waals surface area (Å²) >= 11 is 9.34. The zero-order valence-corrected chi connectivity index (χ0v) is 7.72. The smallest absolute Gasteiger partial charge is 0.0990 e. The van der Waals surface area contributed by atoms with E-state index in [9.17, 15) is 0 Å². The van der Waals surface area contributed by atoms with Gasteiger partial charge in [0.1, 0.15) is 0 Å². The average molecular weight is 200 g/mol. The van der Waals surface area contributed by atoms with Crippen LogP contribution in [0.2, 0.25) is 0 Å². The minimum atomic E-state index is -0.123. The number of alkyl halides is 2. The van der Waals surface area contributed by atoms with Crippen molar-refractivity contribution in [3.63, 3.8) is 0 Å². The van der Waals surface area contributed by atoms with Crippen LogP contribution in [0.4, 0.5) is 0 Å². The second kappa shape index (κ2) is 3.73. The van der Waals surface area contributed by atoms with Gasteiger partial charge in [0.15, 0.2) is 0 Å². The highest BCUT2D eigenvalue weighted by molar-refractivity contribution is 9.10. The number of rotatable bonds is 3. The van der Waals surface area contributed by atoms with Crippen molar-refractivity contribution in [2.24, 2.45) is 0 Å². The molecule has 0 aromatic heterocycles. The van der Waals surface area contributed by atoms with Crippen LogP contribution in [0, 0.1) is 0 Å². The second-order valence-electron chi connectivity index (χ2n) is 1.96. The molecule has 0 amide bonds. The average Bonchev–Trinajstić information content (AvgIpc) is 1.67. The molecule has 0 aliphatic heterocycles. The Kier molecular flexibility index (Phi) is 4.09. The first kappa shape index (κ1) is 8.77. The van der Waals surface area contributed by atoms with E-state index in [2.05, 4.69) is 29.8 Å². The van der Waals surface area contributed by atoms with E-state index in [1.165, 1.54) is 0 Å². The van der Waals surface area contributed by atoms with Gasteiger partial charge in [0, 0.05) is 0 Å². The molecule has 0 bridgehead atoms. The summed E-state index contributed by atoms with van der Waals surface area (Å²) in [6.07, 6.45) is 3.18. The lowest BCUT2D eigenvalue weighted by atomic mass is 10.2. The maximum atomic E-state index is 5.94. The normalized spacial score (nSPS) is 18.0. The predicted octanol–water partition coefficient (Wildman–Crippen LogP) is 3.53. The SMILES string of the molecule is CCCC(Cl)(Br)CC. The molecule has 0 spiro atoms. The summed E-state index contributed by atoms with van der Waals surface area (Å²) in [5, 5.41) is 0. The molecule has 0 rings (SSSR count). The van der Waals surface area contributed by atoms with Gasteiger partial charge in [-0.25, -0.2) is 0 Å². The highest BCUT2D eigenvalue weighted by Crippen LogP contribution is 2.32. The van der Waals surface area contributed by atoms with E-state index >= 15 is 0 Å². The van der Waals surface area contributed by atoms with Crippen molar-refractivity contribution >= 4 is 27.5 Å². The molecule has 0 aromatic carbocycles. The highest BCUT2D eigenvalue weighted by Gasteiger charge is 2.17. The van der Waals surface area contributed by atoms with Crippen LogP contribution in [0.25, 0.3) is 0 Å². The van der Waals surface area contributed by atoms with E-state index in [-0.39, 0.29) is 3.78 Å². The summed E-state index contributed by atoms with van der Waals surface area (Å²) in [5.74, 6) is 0. The van der Waals surface area contributed by atoms with Gasteiger partial charge in [-0.3, -0.25) is 0 Å². The van der Waals surface area contributed by atoms with Gasteiger partial charge in [-0.2, -0.15) is 0 Å². The van der Waals surface area contributed by atoms with Gasteiger partial charge >= 0.3 is 0 Å². The standard InChI is InChI=1S/C6H12BrCl/c1-3-5-6(7,8)4-2/h3-5H2,1-2H3. The van der Waals surface area contributed by atoms with Crippen LogP contribution in [-0.4, -0.2) is 3.78 Å². The monoisotopic (exact) mass is 198 g/mol. The maximum absolute atomic E-state index is 5.94. The Morgan fingerprint density at radius 1 is 1.50 bits per heavy atom. The first-order valence-corrected chi connectivity index (χ1v) is 4.17. The van der Waals surface area contributed by atoms with Gasteiger partial charge < -0.3 is 0 Å². The second-order valence-corrected chi connectivity index (χ2v) is 4.66. The number of halogens is 2. The molecule has 1 atom stereocenters. The van der Waals surface area contributed by atoms with Crippen molar-refractivity contribution in [1.82, 2.24) is 0 Å². The zero-order chi connectivity index (χ0) is 6.62. The maximum Gasteiger partial charge on any atom is 0.0990 e. The van der Waals surface area contributed by atoms with Gasteiger partial charge in [-0.15, -0.1) is 11.6 Å². The molecular formula is C6H12BrCl. The van der Waals surface area contributed by atoms with Crippen LogP contribution < -0.4 is 0 Å². The molecule has 0 saturated carbocycles. The minimum absolute atomic E-state index is 0.123. The van der Waals surface area contributed by atoms with Crippen molar-refractivity contribution < 1.29 is 0 Å². The Labute approximate surface area is 64.7 Å². The third-order valence-electron chi connectivity index (χ3n) is 1.13. The Bertz CT molecular complexity index is 61.5. The van der Waals surface area contributed by atoms with Crippen molar-refractivity contribution in [2.75, 3.05) is 0 Å². The molecule has 0 heterocycles. The van der Waals surface area contributed by atoms with Gasteiger partial charge in [0.05, 0.1) is 3.78 Å². The Hall–Kier alpha value is 0.770. The van der Waals surface area contributed by atoms with E-state index in [0.717, 1.165) is 19.3 Å². The first-order chi connectivity index (χ1) is 3.62. The molecule has 50 valence electrons. The largest absolute Gasteiger partial charge is 0.107 e. The third kappa shape index (κ3) is 3.73. The molecular weight excluding hydrogens is 187 g/mol. The first-order valence-electron chi connectivity index (χ1n) is 3.00. The summed E-state index contributed by atoms with van der Waals surface area (Å²) < 4.78 is -0.123. The van der Waals surface area contributed by atoms with Gasteiger partial charge in [0.2, 0.25) is 0 Å². The van der Waals surface area contributed by atoms with Crippen LogP contribution in [0.5, 0.6) is 0 Å². The van der Waals surface area contributed by atoms with E-state index < -0.39 is 0 Å². The summed E-state index contributed by atoms with van der Waals surface area (Å²) in [4.78, 5) is 0. The lowest BCUT2D eigenvalue weighted by molar-refractivity contribution is 0.678. The molecule has 8 heavy (non-hydrogen) atoms. The van der Waals surface area contributed by atoms with Gasteiger partial charge in [-0.05, 0) is 12.8 Å². The van der Waals surface area contributed by atoms with Crippen molar-refractivity contribution in [3.8, 4) is 0 Å². The molecule has 0 aliphatic carbocycles. The van der Waals surface area contributed by atoms with Crippen LogP contribution in [-0.2, 0) is 0 Å². The molecule has 0 aliphatic rings. The van der Waals surface area contributed by atoms with Crippen LogP contribution >= 0.6 is 27.5 Å². The lowest BCUT2D eigenvalue weighted by Crippen LogP contribution is -2.08. The van der Waals surface area contributed by atoms with Crippen LogP contribution in [0.3, 0.4) is 0 Å². The summed E-state index contributed by atoms with van der Waals surface area (Å²) in [5.41, 5.74) is 0. The minimum Gasteiger partial charge on any atom is -0.107 e. The Balaban J connectivity index is 3.37. The van der Waals surface area contributed by atoms with E-state index in [4.69, 9.17) is 11.6 Å². The van der Waals surface area contributed by atoms with Gasteiger partial charge in [0.25, 0.3) is 0 Å². The topological polar surface area (TPSA) is 0 Å². The molecule has 0 N–H and O–H groups in total. The molecule has 0 radical (unpaired) electrons. The Morgan fingerprint density at radius 3 is 2.12 bits per heavy atom. The molecule has 0 nitrogen and oxygen atoms in total. The summed E-state index contributed by atoms with van der Waals surface area (Å²) in [6, 6.07) is 0. The molecule has 2 heteroatoms. The number of hydrogen-bond acceptors (Lipinski definition) is 0. The zero-order valence-electron chi connectivity index (χ0n) is 5.38. The predicted molar refractivity (Wildman–Crippen MR) is 42.7 cm³/mol. The fraction of sp³-hybridized carbons (Fsp3) is 1.00. The molecule has 1 unspecified atom stereocenters. The van der Waals surface area contributed by atoms with E-state index in [0.29, 0.717) is 0 Å². The number of hydrogen-bond donors (Lipinski definition) is 0. The quantitative estimate of drug-likeness (QED) is 0.610. The van der Waals surface area contributed by atoms with Crippen molar-refractivity contribution in [2.45, 2.75) is 36.9 Å². The Morgan fingerprint density at radius 2 is 2.00 bits per heavy atom. The fourth-order valence-corrected chi connectivity index (χ4v) is 1.13. The molecule has 0 fully saturated rings. The van der Waals surface area contributed by atoms with E-state index in [1.54, 1.807) is 0 Å². The van der Waals surface area contributed by atoms with E-state index in [1.807, 2.05) is 0 Å². The van der Waals surface area contributed by atoms with Crippen LogP contribution in [0.1, 0.15) is 33.1 Å².